The number of rotatable bonds is 36. The van der Waals surface area contributed by atoms with E-state index in [9.17, 15) is 13.2 Å². The summed E-state index contributed by atoms with van der Waals surface area (Å²) in [6.45, 7) is 26.0. The van der Waals surface area contributed by atoms with Crippen molar-refractivity contribution in [1.29, 1.82) is 0 Å². The lowest BCUT2D eigenvalue weighted by Crippen LogP contribution is -2.10. The second-order valence-corrected chi connectivity index (χ2v) is 36.9. The minimum absolute atomic E-state index is 0.273. The predicted molar refractivity (Wildman–Crippen MR) is 579 cm³/mol. The van der Waals surface area contributed by atoms with Crippen LogP contribution >= 0.6 is 54.5 Å². The van der Waals surface area contributed by atoms with Crippen molar-refractivity contribution in [3.05, 3.63) is 327 Å². The van der Waals surface area contributed by atoms with Gasteiger partial charge in [-0.25, -0.2) is 53.0 Å². The summed E-state index contributed by atoms with van der Waals surface area (Å²) in [6, 6.07) is 37.6. The third-order valence-corrected chi connectivity index (χ3v) is 25.2. The van der Waals surface area contributed by atoms with Gasteiger partial charge in [-0.2, -0.15) is 0 Å². The number of hydrogen-bond donors (Lipinski definition) is 8. The van der Waals surface area contributed by atoms with Crippen LogP contribution in [-0.4, -0.2) is 187 Å². The molecule has 1 saturated heterocycles. The van der Waals surface area contributed by atoms with E-state index < -0.39 is 11.6 Å². The molecule has 0 aliphatic carbocycles. The van der Waals surface area contributed by atoms with Crippen molar-refractivity contribution in [2.75, 3.05) is 116 Å². The number of para-hydroxylation sites is 4. The molecule has 20 rings (SSSR count). The molecule has 4 aromatic carbocycles. The number of aromatic amines is 4. The zero-order valence-corrected chi connectivity index (χ0v) is 86.2. The van der Waals surface area contributed by atoms with Crippen molar-refractivity contribution < 1.29 is 36.9 Å². The van der Waals surface area contributed by atoms with Crippen LogP contribution in [0.3, 0.4) is 0 Å². The number of allylic oxidation sites excluding steroid dienone is 2. The molecule has 1 aliphatic rings. The molecule has 16 heterocycles. The van der Waals surface area contributed by atoms with Crippen molar-refractivity contribution in [3.8, 4) is 22.5 Å². The number of aryl methyl sites for hydroxylation is 1. The maximum absolute atomic E-state index is 13.9. The molecule has 1 unspecified atom stereocenters. The zero-order chi connectivity index (χ0) is 99.6. The molecule has 0 amide bonds. The van der Waals surface area contributed by atoms with Gasteiger partial charge in [0.2, 0.25) is 0 Å². The van der Waals surface area contributed by atoms with Gasteiger partial charge in [0.25, 0.3) is 0 Å². The van der Waals surface area contributed by atoms with Crippen molar-refractivity contribution in [3.63, 3.8) is 0 Å². The van der Waals surface area contributed by atoms with Gasteiger partial charge in [0, 0.05) is 229 Å². The van der Waals surface area contributed by atoms with Gasteiger partial charge < -0.3 is 64.9 Å². The highest BCUT2D eigenvalue weighted by Crippen LogP contribution is 2.34. The van der Waals surface area contributed by atoms with Crippen LogP contribution in [-0.2, 0) is 49.4 Å². The maximum Gasteiger partial charge on any atom is 0.181 e. The predicted octanol–water partition coefficient (Wildman–Crippen LogP) is 24.3. The zero-order valence-electron chi connectivity index (χ0n) is 80.8. The summed E-state index contributed by atoms with van der Waals surface area (Å²) in [5, 5.41) is 18.7. The number of fused-ring (bicyclic) bond motifs is 8. The highest BCUT2D eigenvalue weighted by atomic mass is 127. The fourth-order valence-corrected chi connectivity index (χ4v) is 17.6. The van der Waals surface area contributed by atoms with E-state index in [1.807, 2.05) is 106 Å². The molecule has 8 N–H and O–H groups in total. The first-order chi connectivity index (χ1) is 69.2. The molecule has 34 heteroatoms. The van der Waals surface area contributed by atoms with Crippen LogP contribution in [0.5, 0.6) is 0 Å². The Morgan fingerprint density at radius 3 is 1.20 bits per heavy atom. The number of imidazole rings is 4. The summed E-state index contributed by atoms with van der Waals surface area (Å²) in [7, 11) is 6.82. The number of pyridine rings is 3. The second kappa shape index (κ2) is 53.0. The van der Waals surface area contributed by atoms with Crippen LogP contribution in [0.25, 0.3) is 99.9 Å². The quantitative estimate of drug-likeness (QED) is 0.0103. The molecule has 1 aliphatic heterocycles. The molecule has 15 aromatic heterocycles. The summed E-state index contributed by atoms with van der Waals surface area (Å²) in [5.74, 6) is 2.05. The number of anilines is 4. The first-order valence-electron chi connectivity index (χ1n) is 47.2. The van der Waals surface area contributed by atoms with Gasteiger partial charge in [-0.1, -0.05) is 98.5 Å². The molecule has 0 spiro atoms. The van der Waals surface area contributed by atoms with Crippen LogP contribution in [0.15, 0.2) is 261 Å². The van der Waals surface area contributed by atoms with E-state index in [0.29, 0.717) is 59.5 Å². The van der Waals surface area contributed by atoms with Crippen molar-refractivity contribution in [1.82, 2.24) is 92.4 Å². The summed E-state index contributed by atoms with van der Waals surface area (Å²) in [4.78, 5) is 62.0. The van der Waals surface area contributed by atoms with E-state index in [4.69, 9.17) is 38.6 Å². The molecule has 19 aromatic rings. The van der Waals surface area contributed by atoms with Crippen LogP contribution in [0.2, 0.25) is 0 Å². The smallest absolute Gasteiger partial charge is 0.181 e. The number of aromatic nitrogens is 19. The van der Waals surface area contributed by atoms with E-state index in [-0.39, 0.29) is 11.7 Å². The van der Waals surface area contributed by atoms with Gasteiger partial charge in [-0.15, -0.1) is 6.58 Å². The fraction of sp³-hybridized carbons (Fsp3) is 0.287. The van der Waals surface area contributed by atoms with E-state index in [2.05, 4.69) is 252 Å². The number of hydrogen-bond acceptors (Lipinski definition) is 20. The Hall–Kier alpha value is -13.3. The summed E-state index contributed by atoms with van der Waals surface area (Å²) in [6.07, 6.45) is 44.1. The van der Waals surface area contributed by atoms with Crippen molar-refractivity contribution in [2.45, 2.75) is 110 Å². The minimum Gasteiger partial charge on any atom is -0.385 e. The van der Waals surface area contributed by atoms with E-state index in [0.717, 1.165) is 209 Å². The second-order valence-electron chi connectivity index (χ2n) is 34.2. The number of benzene rings is 4. The molecular weight excluding hydrogens is 2040 g/mol. The van der Waals surface area contributed by atoms with Crippen molar-refractivity contribution >= 4 is 155 Å². The summed E-state index contributed by atoms with van der Waals surface area (Å²) in [5.41, 5.74) is 22.2. The van der Waals surface area contributed by atoms with Gasteiger partial charge in [0.05, 0.1) is 60.0 Å². The number of ether oxygens (including phenoxy) is 5. The molecule has 1 fully saturated rings. The van der Waals surface area contributed by atoms with E-state index in [1.165, 1.54) is 105 Å². The monoisotopic (exact) mass is 2160 g/mol. The van der Waals surface area contributed by atoms with Crippen LogP contribution in [0.1, 0.15) is 122 Å². The van der Waals surface area contributed by atoms with Gasteiger partial charge >= 0.3 is 0 Å². The molecule has 1 atom stereocenters. The van der Waals surface area contributed by atoms with Crippen molar-refractivity contribution in [2.24, 2.45) is 0 Å². The Balaban J connectivity index is 0.000000142. The average Bonchev–Trinajstić information content (AvgIpc) is 1.62. The maximum atomic E-state index is 13.9. The molecule has 738 valence electrons. The lowest BCUT2D eigenvalue weighted by molar-refractivity contribution is 0.191. The number of methoxy groups -OCH3 is 4. The molecule has 0 saturated carbocycles. The molecule has 142 heavy (non-hydrogen) atoms. The Morgan fingerprint density at radius 1 is 0.444 bits per heavy atom. The SMILES string of the molecule is Brc1cn2c(I)cnc2c(NCCc2c[nH]c3ccccc23)n1.C1CCOC1.C=C(C)CCOC.C=C(CCCOC)c1cnc2c(NCCc3c[nH]c4ccccc34)nc(-c3cncc(F)c3)cn12.C=C(CCCOC)c1cnc2c(NCCc3c[nH]c4ccccc34)nc(Br)cn12.COCCCC(C)c1cnc2c(NCCc3c[nH]c4ccccc34)nc(-c3cncc(F)c3)cn12.Cc1cncc(F)c1. The Labute approximate surface area is 853 Å². The third-order valence-electron chi connectivity index (χ3n) is 23.6. The van der Waals surface area contributed by atoms with Gasteiger partial charge in [0.15, 0.2) is 45.9 Å². The number of nitrogens with zero attached hydrogens (tertiary/aromatic N) is 15. The normalized spacial score (nSPS) is 11.8. The largest absolute Gasteiger partial charge is 0.385 e. The minimum atomic E-state index is -0.409. The highest BCUT2D eigenvalue weighted by Gasteiger charge is 2.22. The van der Waals surface area contributed by atoms with Crippen LogP contribution in [0, 0.1) is 28.1 Å². The molecule has 0 radical (unpaired) electrons. The summed E-state index contributed by atoms with van der Waals surface area (Å²) < 4.78 is 75.9. The lowest BCUT2D eigenvalue weighted by Gasteiger charge is -2.14. The average molecular weight is 2160 g/mol. The van der Waals surface area contributed by atoms with Gasteiger partial charge in [-0.3, -0.25) is 32.6 Å². The highest BCUT2D eigenvalue weighted by molar-refractivity contribution is 14.1. The lowest BCUT2D eigenvalue weighted by atomic mass is 10.0. The van der Waals surface area contributed by atoms with Gasteiger partial charge in [-0.05, 0) is 239 Å². The van der Waals surface area contributed by atoms with Crippen LogP contribution < -0.4 is 21.3 Å². The van der Waals surface area contributed by atoms with E-state index >= 15 is 0 Å². The summed E-state index contributed by atoms with van der Waals surface area (Å²) >= 11 is 9.24. The first-order valence-corrected chi connectivity index (χ1v) is 49.9. The fourth-order valence-electron chi connectivity index (χ4n) is 16.3. The Bertz CT molecular complexity index is 7340. The molecule has 0 bridgehead atoms. The topological polar surface area (TPSA) is 317 Å². The number of nitrogens with one attached hydrogen (secondary N) is 8. The number of H-pyrrole nitrogens is 4. The molecular formula is C108H119Br2F3IN23O5. The first kappa shape index (κ1) is 104. The Kier molecular flexibility index (Phi) is 39.0. The number of halogens is 6. The van der Waals surface area contributed by atoms with Crippen LogP contribution in [0.4, 0.5) is 36.4 Å². The Morgan fingerprint density at radius 2 is 0.810 bits per heavy atom. The molecule has 28 nitrogen and oxygen atoms in total. The third kappa shape index (κ3) is 28.6. The standard InChI is InChI=1S/C27H29FN6O.C27H27FN6O.C22H24BrN5O.C16H13BrIN5.C6H6FN.C6H12O.C4H8O/c2*1-18(6-5-11-35-2)25-16-32-27-26(30-10-9-19-14-31-23-8-4-3-7-22(19)23)33-24(17-34(25)27)20-12-21(28)15-29-13-20;1-15(6-5-11-29-2)19-13-26-22-21(27-20(23)14-28(19)22)24-10-9-16-12-25-18-8-4-3-7-17(16)18;17-13-9-23-14(18)8-21-16(23)15(22-13)19-6-5-10-7-20-12-4-2-1-3-11(10)12;1-5-2-6(7)4-8-3-5;1-6(2)4-5-7-3;1-2-4-5-3-1/h3-4,7-8,12-18,31H,5-6,9-11H2,1-2H3,(H,30,33);3-4,7-8,12-17,31H,1,5-6,9-11H2,2H3,(H,30,33);3-4,7-8,12-14,25H,1,5-6,9-11H2,2H3,(H,24,27);1-4,7-9,20H,5-6H2,(H,19,22);2-4H,1H3;1,4-5H2,2-3H3;1-4H2. The van der Waals surface area contributed by atoms with Gasteiger partial charge in [0.1, 0.15) is 30.4 Å². The van der Waals surface area contributed by atoms with E-state index in [1.54, 1.807) is 54.0 Å².